The summed E-state index contributed by atoms with van der Waals surface area (Å²) in [6.45, 7) is 0. The molecule has 4 aromatic heterocycles. The lowest BCUT2D eigenvalue weighted by atomic mass is 10.2. The zero-order chi connectivity index (χ0) is 14.4. The van der Waals surface area contributed by atoms with Crippen LogP contribution in [0.5, 0.6) is 0 Å². The zero-order valence-electron chi connectivity index (χ0n) is 10.6. The average Bonchev–Trinajstić information content (AvgIpc) is 3.08. The molecule has 0 amide bonds. The third kappa shape index (κ3) is 1.54. The van der Waals surface area contributed by atoms with Gasteiger partial charge in [0.15, 0.2) is 11.5 Å². The van der Waals surface area contributed by atoms with Crippen molar-refractivity contribution in [2.24, 2.45) is 0 Å². The van der Waals surface area contributed by atoms with E-state index < -0.39 is 0 Å². The summed E-state index contributed by atoms with van der Waals surface area (Å²) in [5.41, 5.74) is 3.02. The van der Waals surface area contributed by atoms with Gasteiger partial charge in [-0.3, -0.25) is 10.1 Å². The standard InChI is InChI=1S/C13H8N8/c14-4-7-3-8-11(19-20-12(8)17-5-7)13-18-9-1-2-16-6-10(9)21(13)15/h1-3,5-6H,15H2,(H,17,19,20). The van der Waals surface area contributed by atoms with Crippen LogP contribution in [0.15, 0.2) is 30.7 Å². The fourth-order valence-corrected chi connectivity index (χ4v) is 2.25. The third-order valence-corrected chi connectivity index (χ3v) is 3.25. The lowest BCUT2D eigenvalue weighted by Gasteiger charge is -1.99. The van der Waals surface area contributed by atoms with Crippen molar-refractivity contribution in [3.8, 4) is 17.6 Å². The number of nitrogens with one attached hydrogen (secondary N) is 1. The molecule has 0 unspecified atom stereocenters. The summed E-state index contributed by atoms with van der Waals surface area (Å²) in [6, 6.07) is 5.54. The van der Waals surface area contributed by atoms with Gasteiger partial charge < -0.3 is 5.84 Å². The highest BCUT2D eigenvalue weighted by molar-refractivity contribution is 5.92. The van der Waals surface area contributed by atoms with E-state index in [1.807, 2.05) is 0 Å². The molecule has 21 heavy (non-hydrogen) atoms. The topological polar surface area (TPSA) is 122 Å². The Kier molecular flexibility index (Phi) is 2.17. The van der Waals surface area contributed by atoms with Gasteiger partial charge >= 0.3 is 0 Å². The number of aromatic amines is 1. The van der Waals surface area contributed by atoms with Crippen LogP contribution in [0.1, 0.15) is 5.56 Å². The lowest BCUT2D eigenvalue weighted by Crippen LogP contribution is -2.10. The van der Waals surface area contributed by atoms with E-state index in [0.717, 1.165) is 5.52 Å². The fraction of sp³-hybridized carbons (Fsp3) is 0. The first kappa shape index (κ1) is 11.4. The van der Waals surface area contributed by atoms with E-state index in [-0.39, 0.29) is 0 Å². The van der Waals surface area contributed by atoms with Crippen LogP contribution in [-0.2, 0) is 0 Å². The molecule has 4 aromatic rings. The predicted molar refractivity (Wildman–Crippen MR) is 75.3 cm³/mol. The van der Waals surface area contributed by atoms with Gasteiger partial charge in [-0.2, -0.15) is 10.4 Å². The molecule has 0 aliphatic heterocycles. The SMILES string of the molecule is N#Cc1cnc2n[nH]c(-c3nc4ccncc4n3N)c2c1. The quantitative estimate of drug-likeness (QED) is 0.499. The van der Waals surface area contributed by atoms with Crippen LogP contribution in [0.4, 0.5) is 0 Å². The summed E-state index contributed by atoms with van der Waals surface area (Å²) in [6.07, 6.45) is 4.77. The Hall–Kier alpha value is -3.47. The van der Waals surface area contributed by atoms with Crippen LogP contribution < -0.4 is 5.84 Å². The van der Waals surface area contributed by atoms with Crippen molar-refractivity contribution >= 4 is 22.1 Å². The molecule has 8 nitrogen and oxygen atoms in total. The Morgan fingerprint density at radius 2 is 2.24 bits per heavy atom. The van der Waals surface area contributed by atoms with Gasteiger partial charge in [-0.1, -0.05) is 0 Å². The van der Waals surface area contributed by atoms with Crippen molar-refractivity contribution in [3.63, 3.8) is 0 Å². The number of imidazole rings is 1. The van der Waals surface area contributed by atoms with Gasteiger partial charge in [-0.05, 0) is 12.1 Å². The number of hydrogen-bond donors (Lipinski definition) is 2. The van der Waals surface area contributed by atoms with E-state index in [0.29, 0.717) is 33.6 Å². The highest BCUT2D eigenvalue weighted by Gasteiger charge is 2.16. The molecule has 100 valence electrons. The monoisotopic (exact) mass is 276 g/mol. The zero-order valence-corrected chi connectivity index (χ0v) is 10.6. The predicted octanol–water partition coefficient (Wildman–Crippen LogP) is 0.955. The molecular formula is C13H8N8. The van der Waals surface area contributed by atoms with Crippen LogP contribution in [0.2, 0.25) is 0 Å². The van der Waals surface area contributed by atoms with Crippen molar-refractivity contribution < 1.29 is 0 Å². The summed E-state index contributed by atoms with van der Waals surface area (Å²) in [5, 5.41) is 16.7. The number of H-pyrrole nitrogens is 1. The Morgan fingerprint density at radius 3 is 3.05 bits per heavy atom. The number of nitrogens with two attached hydrogens (primary N) is 1. The highest BCUT2D eigenvalue weighted by atomic mass is 15.3. The Labute approximate surface area is 117 Å². The summed E-state index contributed by atoms with van der Waals surface area (Å²) < 4.78 is 1.44. The number of pyridine rings is 2. The lowest BCUT2D eigenvalue weighted by molar-refractivity contribution is 1.01. The fourth-order valence-electron chi connectivity index (χ4n) is 2.25. The normalized spacial score (nSPS) is 11.0. The maximum atomic E-state index is 8.99. The summed E-state index contributed by atoms with van der Waals surface area (Å²) >= 11 is 0. The second-order valence-corrected chi connectivity index (χ2v) is 4.48. The smallest absolute Gasteiger partial charge is 0.181 e. The second kappa shape index (κ2) is 4.01. The van der Waals surface area contributed by atoms with Gasteiger partial charge in [0.25, 0.3) is 0 Å². The van der Waals surface area contributed by atoms with Crippen LogP contribution in [0, 0.1) is 11.3 Å². The summed E-state index contributed by atoms with van der Waals surface area (Å²) in [7, 11) is 0. The molecule has 0 bridgehead atoms. The molecule has 0 saturated carbocycles. The van der Waals surface area contributed by atoms with Gasteiger partial charge in [-0.15, -0.1) is 0 Å². The van der Waals surface area contributed by atoms with E-state index in [1.54, 1.807) is 24.5 Å². The third-order valence-electron chi connectivity index (χ3n) is 3.25. The minimum atomic E-state index is 0.450. The number of nitriles is 1. The first-order chi connectivity index (χ1) is 10.3. The molecule has 3 N–H and O–H groups in total. The van der Waals surface area contributed by atoms with E-state index in [2.05, 4.69) is 31.2 Å². The molecule has 4 heterocycles. The van der Waals surface area contributed by atoms with E-state index in [1.165, 1.54) is 10.9 Å². The summed E-state index contributed by atoms with van der Waals surface area (Å²) in [4.78, 5) is 12.6. The number of fused-ring (bicyclic) bond motifs is 2. The largest absolute Gasteiger partial charge is 0.337 e. The molecule has 8 heteroatoms. The Bertz CT molecular complexity index is 1020. The minimum Gasteiger partial charge on any atom is -0.337 e. The molecule has 0 spiro atoms. The van der Waals surface area contributed by atoms with Crippen molar-refractivity contribution in [2.75, 3.05) is 5.84 Å². The van der Waals surface area contributed by atoms with Crippen molar-refractivity contribution in [2.45, 2.75) is 0 Å². The number of rotatable bonds is 1. The molecule has 0 saturated heterocycles. The van der Waals surface area contributed by atoms with Crippen LogP contribution in [-0.4, -0.2) is 29.8 Å². The van der Waals surface area contributed by atoms with Crippen LogP contribution in [0.25, 0.3) is 33.6 Å². The van der Waals surface area contributed by atoms with Crippen molar-refractivity contribution in [1.29, 1.82) is 5.26 Å². The summed E-state index contributed by atoms with van der Waals surface area (Å²) in [5.74, 6) is 6.58. The van der Waals surface area contributed by atoms with Crippen molar-refractivity contribution in [3.05, 3.63) is 36.3 Å². The van der Waals surface area contributed by atoms with Gasteiger partial charge in [0.05, 0.1) is 22.7 Å². The maximum absolute atomic E-state index is 8.99. The maximum Gasteiger partial charge on any atom is 0.181 e. The number of aromatic nitrogens is 6. The van der Waals surface area contributed by atoms with Crippen LogP contribution >= 0.6 is 0 Å². The van der Waals surface area contributed by atoms with E-state index in [4.69, 9.17) is 11.1 Å². The molecule has 0 aliphatic carbocycles. The molecule has 0 fully saturated rings. The number of hydrogen-bond acceptors (Lipinski definition) is 6. The average molecular weight is 276 g/mol. The second-order valence-electron chi connectivity index (χ2n) is 4.48. The Balaban J connectivity index is 2.04. The Morgan fingerprint density at radius 1 is 1.33 bits per heavy atom. The first-order valence-corrected chi connectivity index (χ1v) is 6.10. The van der Waals surface area contributed by atoms with Crippen molar-refractivity contribution in [1.82, 2.24) is 29.8 Å². The molecule has 4 rings (SSSR count). The molecule has 0 aliphatic rings. The first-order valence-electron chi connectivity index (χ1n) is 6.10. The molecule has 0 radical (unpaired) electrons. The highest BCUT2D eigenvalue weighted by Crippen LogP contribution is 2.26. The number of nitrogen functional groups attached to an aromatic ring is 1. The number of nitrogens with zero attached hydrogens (tertiary/aromatic N) is 6. The van der Waals surface area contributed by atoms with Crippen LogP contribution in [0.3, 0.4) is 0 Å². The van der Waals surface area contributed by atoms with Gasteiger partial charge in [0, 0.05) is 12.4 Å². The van der Waals surface area contributed by atoms with E-state index >= 15 is 0 Å². The molecular weight excluding hydrogens is 268 g/mol. The molecule has 0 aromatic carbocycles. The molecule has 0 atom stereocenters. The minimum absolute atomic E-state index is 0.450. The van der Waals surface area contributed by atoms with E-state index in [9.17, 15) is 0 Å². The van der Waals surface area contributed by atoms with Gasteiger partial charge in [0.2, 0.25) is 0 Å². The van der Waals surface area contributed by atoms with Gasteiger partial charge in [0.1, 0.15) is 17.3 Å². The van der Waals surface area contributed by atoms with Gasteiger partial charge in [-0.25, -0.2) is 14.6 Å².